The highest BCUT2D eigenvalue weighted by molar-refractivity contribution is 9.10. The molecular formula is C17H29BrN2. The van der Waals surface area contributed by atoms with Crippen LogP contribution in [0.25, 0.3) is 0 Å². The van der Waals surface area contributed by atoms with Gasteiger partial charge < -0.3 is 10.2 Å². The molecule has 0 amide bonds. The van der Waals surface area contributed by atoms with Gasteiger partial charge in [0.05, 0.1) is 0 Å². The van der Waals surface area contributed by atoms with Gasteiger partial charge in [0.25, 0.3) is 0 Å². The minimum absolute atomic E-state index is 0.366. The summed E-state index contributed by atoms with van der Waals surface area (Å²) in [5.41, 5.74) is 2.73. The Morgan fingerprint density at radius 3 is 2.45 bits per heavy atom. The molecule has 1 atom stereocenters. The van der Waals surface area contributed by atoms with Crippen molar-refractivity contribution < 1.29 is 0 Å². The SMILES string of the molecule is CCCCCN(c1cc(Br)ccc1C(C)NC)C(C)C. The Morgan fingerprint density at radius 2 is 1.90 bits per heavy atom. The Bertz CT molecular complexity index is 404. The summed E-state index contributed by atoms with van der Waals surface area (Å²) in [6, 6.07) is 7.51. The lowest BCUT2D eigenvalue weighted by atomic mass is 10.0. The van der Waals surface area contributed by atoms with E-state index in [9.17, 15) is 0 Å². The Hall–Kier alpha value is -0.540. The number of halogens is 1. The minimum Gasteiger partial charge on any atom is -0.369 e. The molecule has 1 rings (SSSR count). The molecule has 0 fully saturated rings. The van der Waals surface area contributed by atoms with Crippen LogP contribution in [0, 0.1) is 0 Å². The van der Waals surface area contributed by atoms with E-state index in [-0.39, 0.29) is 0 Å². The van der Waals surface area contributed by atoms with Gasteiger partial charge in [-0.25, -0.2) is 0 Å². The van der Waals surface area contributed by atoms with Gasteiger partial charge in [0, 0.05) is 28.8 Å². The summed E-state index contributed by atoms with van der Waals surface area (Å²) in [4.78, 5) is 2.53. The zero-order valence-corrected chi connectivity index (χ0v) is 15.1. The fourth-order valence-corrected chi connectivity index (χ4v) is 2.83. The van der Waals surface area contributed by atoms with Crippen molar-refractivity contribution in [3.8, 4) is 0 Å². The molecule has 1 unspecified atom stereocenters. The normalized spacial score (nSPS) is 12.8. The molecule has 0 bridgehead atoms. The summed E-state index contributed by atoms with van der Waals surface area (Å²) in [6.07, 6.45) is 3.83. The summed E-state index contributed by atoms with van der Waals surface area (Å²) < 4.78 is 1.15. The van der Waals surface area contributed by atoms with E-state index < -0.39 is 0 Å². The minimum atomic E-state index is 0.366. The van der Waals surface area contributed by atoms with Gasteiger partial charge in [-0.05, 0) is 51.9 Å². The van der Waals surface area contributed by atoms with E-state index in [2.05, 4.69) is 72.0 Å². The second-order valence-electron chi connectivity index (χ2n) is 5.71. The van der Waals surface area contributed by atoms with Crippen LogP contribution >= 0.6 is 15.9 Å². The number of anilines is 1. The van der Waals surface area contributed by atoms with Crippen LogP contribution in [-0.2, 0) is 0 Å². The highest BCUT2D eigenvalue weighted by atomic mass is 79.9. The molecule has 114 valence electrons. The number of rotatable bonds is 8. The highest BCUT2D eigenvalue weighted by Crippen LogP contribution is 2.31. The van der Waals surface area contributed by atoms with Crippen LogP contribution in [0.15, 0.2) is 22.7 Å². The van der Waals surface area contributed by atoms with Crippen LogP contribution in [-0.4, -0.2) is 19.6 Å². The number of nitrogens with zero attached hydrogens (tertiary/aromatic N) is 1. The Morgan fingerprint density at radius 1 is 1.20 bits per heavy atom. The van der Waals surface area contributed by atoms with Crippen LogP contribution in [0.1, 0.15) is 58.6 Å². The van der Waals surface area contributed by atoms with Crippen molar-refractivity contribution in [1.29, 1.82) is 0 Å². The molecule has 2 nitrogen and oxygen atoms in total. The molecule has 0 aliphatic rings. The van der Waals surface area contributed by atoms with E-state index >= 15 is 0 Å². The molecule has 0 aliphatic carbocycles. The van der Waals surface area contributed by atoms with Crippen LogP contribution in [0.5, 0.6) is 0 Å². The lowest BCUT2D eigenvalue weighted by Gasteiger charge is -2.32. The number of unbranched alkanes of at least 4 members (excludes halogenated alkanes) is 2. The van der Waals surface area contributed by atoms with E-state index in [0.29, 0.717) is 12.1 Å². The van der Waals surface area contributed by atoms with Crippen molar-refractivity contribution in [3.63, 3.8) is 0 Å². The molecule has 3 heteroatoms. The van der Waals surface area contributed by atoms with Gasteiger partial charge in [0.2, 0.25) is 0 Å². The lowest BCUT2D eigenvalue weighted by Crippen LogP contribution is -2.33. The third-order valence-electron chi connectivity index (χ3n) is 3.83. The van der Waals surface area contributed by atoms with Gasteiger partial charge in [-0.3, -0.25) is 0 Å². The number of hydrogen-bond donors (Lipinski definition) is 1. The van der Waals surface area contributed by atoms with Crippen molar-refractivity contribution in [2.24, 2.45) is 0 Å². The van der Waals surface area contributed by atoms with Crippen molar-refractivity contribution >= 4 is 21.6 Å². The highest BCUT2D eigenvalue weighted by Gasteiger charge is 2.17. The first kappa shape index (κ1) is 17.5. The smallest absolute Gasteiger partial charge is 0.0428 e. The standard InChI is InChI=1S/C17H29BrN2/c1-6-7-8-11-20(13(2)3)17-12-15(18)9-10-16(17)14(4)19-5/h9-10,12-14,19H,6-8,11H2,1-5H3. The second kappa shape index (κ2) is 8.68. The monoisotopic (exact) mass is 340 g/mol. The van der Waals surface area contributed by atoms with Gasteiger partial charge in [0.15, 0.2) is 0 Å². The summed E-state index contributed by atoms with van der Waals surface area (Å²) in [5.74, 6) is 0. The maximum absolute atomic E-state index is 3.62. The topological polar surface area (TPSA) is 15.3 Å². The number of nitrogens with one attached hydrogen (secondary N) is 1. The number of benzene rings is 1. The molecule has 0 heterocycles. The predicted octanol–water partition coefficient (Wildman–Crippen LogP) is 5.13. The Kier molecular flexibility index (Phi) is 7.60. The predicted molar refractivity (Wildman–Crippen MR) is 93.6 cm³/mol. The quantitative estimate of drug-likeness (QED) is 0.659. The molecule has 0 spiro atoms. The summed E-state index contributed by atoms with van der Waals surface area (Å²) in [7, 11) is 2.02. The average Bonchev–Trinajstić information content (AvgIpc) is 2.42. The van der Waals surface area contributed by atoms with Crippen molar-refractivity contribution in [3.05, 3.63) is 28.2 Å². The molecule has 0 radical (unpaired) electrons. The maximum Gasteiger partial charge on any atom is 0.0428 e. The molecule has 0 aromatic heterocycles. The molecule has 0 aliphatic heterocycles. The molecule has 1 N–H and O–H groups in total. The third kappa shape index (κ3) is 4.78. The lowest BCUT2D eigenvalue weighted by molar-refractivity contribution is 0.608. The fourth-order valence-electron chi connectivity index (χ4n) is 2.48. The van der Waals surface area contributed by atoms with Gasteiger partial charge in [0.1, 0.15) is 0 Å². The molecule has 0 saturated heterocycles. The van der Waals surface area contributed by atoms with Crippen LogP contribution in [0.4, 0.5) is 5.69 Å². The molecular weight excluding hydrogens is 312 g/mol. The van der Waals surface area contributed by atoms with E-state index in [1.165, 1.54) is 30.5 Å². The van der Waals surface area contributed by atoms with Crippen molar-refractivity contribution in [2.75, 3.05) is 18.5 Å². The zero-order valence-electron chi connectivity index (χ0n) is 13.5. The first-order valence-corrected chi connectivity index (χ1v) is 8.53. The van der Waals surface area contributed by atoms with Gasteiger partial charge >= 0.3 is 0 Å². The van der Waals surface area contributed by atoms with Crippen LogP contribution in [0.2, 0.25) is 0 Å². The summed E-state index contributed by atoms with van der Waals surface area (Å²) in [5, 5.41) is 3.36. The van der Waals surface area contributed by atoms with Gasteiger partial charge in [-0.1, -0.05) is 41.8 Å². The second-order valence-corrected chi connectivity index (χ2v) is 6.62. The average molecular weight is 341 g/mol. The largest absolute Gasteiger partial charge is 0.369 e. The third-order valence-corrected chi connectivity index (χ3v) is 4.32. The first-order chi connectivity index (χ1) is 9.51. The Labute approximate surface area is 133 Å². The van der Waals surface area contributed by atoms with E-state index in [4.69, 9.17) is 0 Å². The molecule has 20 heavy (non-hydrogen) atoms. The molecule has 0 saturated carbocycles. The van der Waals surface area contributed by atoms with E-state index in [1.54, 1.807) is 0 Å². The number of hydrogen-bond acceptors (Lipinski definition) is 2. The van der Waals surface area contributed by atoms with Gasteiger partial charge in [-0.15, -0.1) is 0 Å². The maximum atomic E-state index is 3.62. The summed E-state index contributed by atoms with van der Waals surface area (Å²) >= 11 is 3.62. The molecule has 1 aromatic rings. The van der Waals surface area contributed by atoms with E-state index in [0.717, 1.165) is 11.0 Å². The van der Waals surface area contributed by atoms with Crippen LogP contribution in [0.3, 0.4) is 0 Å². The Balaban J connectivity index is 3.07. The molecule has 1 aromatic carbocycles. The first-order valence-electron chi connectivity index (χ1n) is 7.74. The zero-order chi connectivity index (χ0) is 15.1. The van der Waals surface area contributed by atoms with Crippen molar-refractivity contribution in [2.45, 2.75) is 59.0 Å². The van der Waals surface area contributed by atoms with Gasteiger partial charge in [-0.2, -0.15) is 0 Å². The van der Waals surface area contributed by atoms with E-state index in [1.807, 2.05) is 7.05 Å². The van der Waals surface area contributed by atoms with Crippen LogP contribution < -0.4 is 10.2 Å². The summed E-state index contributed by atoms with van der Waals surface area (Å²) in [6.45, 7) is 10.2. The fraction of sp³-hybridized carbons (Fsp3) is 0.647. The van der Waals surface area contributed by atoms with Crippen molar-refractivity contribution in [1.82, 2.24) is 5.32 Å².